The largest absolute Gasteiger partial charge is 0.322 e. The van der Waals surface area contributed by atoms with Crippen LogP contribution in [0, 0.1) is 0 Å². The van der Waals surface area contributed by atoms with E-state index in [1.165, 1.54) is 0 Å². The summed E-state index contributed by atoms with van der Waals surface area (Å²) in [5, 5.41) is 8.99. The molecule has 3 rings (SSSR count). The molecular weight excluding hydrogens is 310 g/mol. The monoisotopic (exact) mass is 329 g/mol. The van der Waals surface area contributed by atoms with Crippen molar-refractivity contribution >= 4 is 22.7 Å². The number of aryl methyl sites for hydroxylation is 1. The van der Waals surface area contributed by atoms with Crippen LogP contribution in [0.4, 0.5) is 0 Å². The molecule has 1 N–H and O–H groups in total. The summed E-state index contributed by atoms with van der Waals surface area (Å²) in [4.78, 5) is 18.5. The molecule has 0 unspecified atom stereocenters. The van der Waals surface area contributed by atoms with Gasteiger partial charge in [-0.05, 0) is 36.9 Å². The molecule has 3 aromatic rings. The number of hydrogen-bond donors (Lipinski definition) is 1. The summed E-state index contributed by atoms with van der Waals surface area (Å²) in [6.07, 6.45) is 3.70. The lowest BCUT2D eigenvalue weighted by atomic mass is 10.1. The molecule has 0 spiro atoms. The first-order chi connectivity index (χ1) is 11.1. The number of nitrogens with zero attached hydrogens (tertiary/aromatic N) is 4. The van der Waals surface area contributed by atoms with Crippen molar-refractivity contribution in [1.29, 1.82) is 0 Å². The van der Waals surface area contributed by atoms with Crippen molar-refractivity contribution in [3.63, 3.8) is 0 Å². The third-order valence-electron chi connectivity index (χ3n) is 3.79. The maximum atomic E-state index is 12.3. The van der Waals surface area contributed by atoms with Crippen molar-refractivity contribution in [2.24, 2.45) is 7.05 Å². The van der Waals surface area contributed by atoms with Crippen LogP contribution in [0.25, 0.3) is 10.9 Å². The fraction of sp³-hybridized carbons (Fsp3) is 0.312. The quantitative estimate of drug-likeness (QED) is 0.725. The molecule has 0 amide bonds. The van der Waals surface area contributed by atoms with Crippen LogP contribution in [0.15, 0.2) is 40.3 Å². The summed E-state index contributed by atoms with van der Waals surface area (Å²) < 4.78 is 1.88. The maximum Gasteiger partial charge on any atom is 0.252 e. The molecule has 6 nitrogen and oxygen atoms in total. The fourth-order valence-electron chi connectivity index (χ4n) is 2.51. The molecule has 2 aromatic heterocycles. The predicted molar refractivity (Wildman–Crippen MR) is 92.5 cm³/mol. The van der Waals surface area contributed by atoms with Crippen molar-refractivity contribution < 1.29 is 0 Å². The van der Waals surface area contributed by atoms with Gasteiger partial charge in [0.15, 0.2) is 0 Å². The van der Waals surface area contributed by atoms with Gasteiger partial charge in [-0.2, -0.15) is 0 Å². The Balaban J connectivity index is 1.83. The van der Waals surface area contributed by atoms with Crippen molar-refractivity contribution in [1.82, 2.24) is 24.6 Å². The van der Waals surface area contributed by atoms with Crippen LogP contribution in [0.3, 0.4) is 0 Å². The van der Waals surface area contributed by atoms with Crippen LogP contribution in [0.5, 0.6) is 0 Å². The number of fused-ring (bicyclic) bond motifs is 1. The molecular formula is C16H19N5OS. The Morgan fingerprint density at radius 3 is 2.83 bits per heavy atom. The van der Waals surface area contributed by atoms with Gasteiger partial charge < -0.3 is 9.55 Å². The Morgan fingerprint density at radius 1 is 1.30 bits per heavy atom. The van der Waals surface area contributed by atoms with Crippen molar-refractivity contribution in [3.8, 4) is 0 Å². The second-order valence-electron chi connectivity index (χ2n) is 5.61. The lowest BCUT2D eigenvalue weighted by Gasteiger charge is -2.15. The molecule has 120 valence electrons. The van der Waals surface area contributed by atoms with Gasteiger partial charge in [-0.15, -0.1) is 22.0 Å². The zero-order valence-electron chi connectivity index (χ0n) is 13.4. The van der Waals surface area contributed by atoms with Crippen LogP contribution in [0.2, 0.25) is 0 Å². The van der Waals surface area contributed by atoms with E-state index in [0.717, 1.165) is 27.2 Å². The number of thioether (sulfide) groups is 1. The van der Waals surface area contributed by atoms with Gasteiger partial charge in [0.1, 0.15) is 12.2 Å². The second kappa shape index (κ2) is 6.55. The van der Waals surface area contributed by atoms with Crippen molar-refractivity contribution in [3.05, 3.63) is 52.3 Å². The van der Waals surface area contributed by atoms with Crippen LogP contribution < -0.4 is 5.56 Å². The van der Waals surface area contributed by atoms with E-state index < -0.39 is 0 Å². The average molecular weight is 329 g/mol. The van der Waals surface area contributed by atoms with Gasteiger partial charge in [-0.1, -0.05) is 6.07 Å². The van der Waals surface area contributed by atoms with Crippen LogP contribution in [-0.4, -0.2) is 38.0 Å². The molecule has 23 heavy (non-hydrogen) atoms. The van der Waals surface area contributed by atoms with Gasteiger partial charge in [-0.25, -0.2) is 0 Å². The number of benzene rings is 1. The fourth-order valence-corrected chi connectivity index (χ4v) is 2.95. The number of rotatable bonds is 5. The minimum absolute atomic E-state index is 0.0411. The molecule has 2 heterocycles. The lowest BCUT2D eigenvalue weighted by molar-refractivity contribution is 0.305. The minimum atomic E-state index is -0.0411. The third kappa shape index (κ3) is 3.46. The summed E-state index contributed by atoms with van der Waals surface area (Å²) in [6, 6.07) is 8.08. The molecule has 0 aliphatic heterocycles. The maximum absolute atomic E-state index is 12.3. The van der Waals surface area contributed by atoms with Gasteiger partial charge in [0.2, 0.25) is 0 Å². The van der Waals surface area contributed by atoms with E-state index in [-0.39, 0.29) is 5.56 Å². The summed E-state index contributed by atoms with van der Waals surface area (Å²) in [6.45, 7) is 1.20. The number of pyridine rings is 1. The normalized spacial score (nSPS) is 11.5. The standard InChI is InChI=1S/C16H19N5OS/c1-20(9-15-19-17-10-21(15)2)8-12-6-11-4-5-13(23-3)7-14(11)18-16(12)22/h4-7,10H,8-9H2,1-3H3,(H,18,22). The predicted octanol–water partition coefficient (Wildman–Crippen LogP) is 2.01. The first kappa shape index (κ1) is 15.8. The number of hydrogen-bond acceptors (Lipinski definition) is 5. The molecule has 0 saturated carbocycles. The summed E-state index contributed by atoms with van der Waals surface area (Å²) >= 11 is 1.66. The number of nitrogens with one attached hydrogen (secondary N) is 1. The topological polar surface area (TPSA) is 66.8 Å². The molecule has 0 bridgehead atoms. The van der Waals surface area contributed by atoms with Crippen molar-refractivity contribution in [2.75, 3.05) is 13.3 Å². The van der Waals surface area contributed by atoms with Gasteiger partial charge in [0.05, 0.1) is 6.54 Å². The SMILES string of the molecule is CSc1ccc2cc(CN(C)Cc3nncn3C)c(=O)[nH]c2c1. The number of aromatic amines is 1. The highest BCUT2D eigenvalue weighted by atomic mass is 32.2. The molecule has 0 fully saturated rings. The number of aromatic nitrogens is 4. The molecule has 0 aliphatic carbocycles. The van der Waals surface area contributed by atoms with E-state index >= 15 is 0 Å². The van der Waals surface area contributed by atoms with E-state index in [4.69, 9.17) is 0 Å². The average Bonchev–Trinajstić information content (AvgIpc) is 2.92. The highest BCUT2D eigenvalue weighted by molar-refractivity contribution is 7.98. The van der Waals surface area contributed by atoms with E-state index in [1.807, 2.05) is 43.1 Å². The van der Waals surface area contributed by atoms with Gasteiger partial charge >= 0.3 is 0 Å². The molecule has 0 saturated heterocycles. The smallest absolute Gasteiger partial charge is 0.252 e. The molecule has 0 aliphatic rings. The molecule has 1 aromatic carbocycles. The third-order valence-corrected chi connectivity index (χ3v) is 4.51. The van der Waals surface area contributed by atoms with Gasteiger partial charge in [0, 0.05) is 29.6 Å². The van der Waals surface area contributed by atoms with E-state index in [0.29, 0.717) is 13.1 Å². The summed E-state index contributed by atoms with van der Waals surface area (Å²) in [7, 11) is 3.88. The van der Waals surface area contributed by atoms with Crippen LogP contribution in [0.1, 0.15) is 11.4 Å². The molecule has 0 atom stereocenters. The second-order valence-corrected chi connectivity index (χ2v) is 6.49. The highest BCUT2D eigenvalue weighted by Gasteiger charge is 2.10. The first-order valence-electron chi connectivity index (χ1n) is 7.28. The first-order valence-corrected chi connectivity index (χ1v) is 8.50. The van der Waals surface area contributed by atoms with Gasteiger partial charge in [-0.3, -0.25) is 9.69 Å². The molecule has 0 radical (unpaired) electrons. The Hall–Kier alpha value is -2.12. The zero-order chi connectivity index (χ0) is 16.4. The Kier molecular flexibility index (Phi) is 4.49. The number of H-pyrrole nitrogens is 1. The minimum Gasteiger partial charge on any atom is -0.322 e. The highest BCUT2D eigenvalue weighted by Crippen LogP contribution is 2.20. The van der Waals surface area contributed by atoms with E-state index in [9.17, 15) is 4.79 Å². The van der Waals surface area contributed by atoms with E-state index in [2.05, 4.69) is 26.1 Å². The summed E-state index contributed by atoms with van der Waals surface area (Å²) in [5.74, 6) is 0.870. The van der Waals surface area contributed by atoms with Crippen molar-refractivity contribution in [2.45, 2.75) is 18.0 Å². The van der Waals surface area contributed by atoms with Crippen LogP contribution >= 0.6 is 11.8 Å². The zero-order valence-corrected chi connectivity index (χ0v) is 14.2. The Labute approximate surface area is 138 Å². The Morgan fingerprint density at radius 2 is 2.13 bits per heavy atom. The van der Waals surface area contributed by atoms with Gasteiger partial charge in [0.25, 0.3) is 5.56 Å². The molecule has 7 heteroatoms. The van der Waals surface area contributed by atoms with Crippen LogP contribution in [-0.2, 0) is 20.1 Å². The Bertz CT molecular complexity index is 886. The summed E-state index contributed by atoms with van der Waals surface area (Å²) in [5.41, 5.74) is 1.58. The lowest BCUT2D eigenvalue weighted by Crippen LogP contribution is -2.24. The van der Waals surface area contributed by atoms with E-state index in [1.54, 1.807) is 18.1 Å².